The molecule has 1 nitrogen and oxygen atoms in total. The van der Waals surface area contributed by atoms with E-state index in [4.69, 9.17) is 0 Å². The molecule has 0 N–H and O–H groups in total. The Kier molecular flexibility index (Phi) is 2.31. The van der Waals surface area contributed by atoms with Crippen LogP contribution in [-0.4, -0.2) is 4.98 Å². The molecule has 1 heterocycles. The van der Waals surface area contributed by atoms with Crippen LogP contribution in [0.5, 0.6) is 0 Å². The number of fused-ring (bicyclic) bond motifs is 1. The molecule has 15 heavy (non-hydrogen) atoms. The summed E-state index contributed by atoms with van der Waals surface area (Å²) in [6.07, 6.45) is 1.88. The third-order valence-electron chi connectivity index (χ3n) is 2.83. The number of nitrogens with zero attached hydrogens (tertiary/aromatic N) is 1. The van der Waals surface area contributed by atoms with Crippen LogP contribution in [0.2, 0.25) is 0 Å². The Morgan fingerprint density at radius 1 is 1.20 bits per heavy atom. The first-order chi connectivity index (χ1) is 7.13. The molecule has 0 bridgehead atoms. The summed E-state index contributed by atoms with van der Waals surface area (Å²) < 4.78 is 0. The van der Waals surface area contributed by atoms with Crippen molar-refractivity contribution in [3.8, 4) is 0 Å². The van der Waals surface area contributed by atoms with Gasteiger partial charge in [0.15, 0.2) is 0 Å². The Balaban J connectivity index is 2.92. The molecule has 0 amide bonds. The monoisotopic (exact) mass is 197 g/mol. The lowest BCUT2D eigenvalue weighted by Gasteiger charge is -2.08. The number of hydrogen-bond donors (Lipinski definition) is 0. The van der Waals surface area contributed by atoms with Crippen molar-refractivity contribution in [1.82, 2.24) is 4.98 Å². The standard InChI is InChI=1S/C14H15N/c1-5-12-6-7-13-9(2)8-10(3)15-14(13)11(12)4/h5-8H,1H2,2-4H3. The van der Waals surface area contributed by atoms with E-state index in [2.05, 4.69) is 43.6 Å². The van der Waals surface area contributed by atoms with Gasteiger partial charge in [-0.3, -0.25) is 4.98 Å². The van der Waals surface area contributed by atoms with Crippen LogP contribution in [0.25, 0.3) is 17.0 Å². The van der Waals surface area contributed by atoms with Gasteiger partial charge in [0.2, 0.25) is 0 Å². The molecular formula is C14H15N. The summed E-state index contributed by atoms with van der Waals surface area (Å²) in [4.78, 5) is 4.60. The van der Waals surface area contributed by atoms with Crippen LogP contribution in [0.4, 0.5) is 0 Å². The Bertz CT molecular complexity index is 539. The molecule has 0 radical (unpaired) electrons. The Labute approximate surface area is 90.5 Å². The lowest BCUT2D eigenvalue weighted by Crippen LogP contribution is -1.92. The summed E-state index contributed by atoms with van der Waals surface area (Å²) >= 11 is 0. The minimum absolute atomic E-state index is 1.07. The van der Waals surface area contributed by atoms with Crippen LogP contribution < -0.4 is 0 Å². The van der Waals surface area contributed by atoms with Crippen molar-refractivity contribution < 1.29 is 0 Å². The molecule has 2 aromatic rings. The molecular weight excluding hydrogens is 182 g/mol. The molecule has 0 fully saturated rings. The third-order valence-corrected chi connectivity index (χ3v) is 2.83. The van der Waals surface area contributed by atoms with Crippen LogP contribution in [0.1, 0.15) is 22.4 Å². The van der Waals surface area contributed by atoms with Crippen molar-refractivity contribution >= 4 is 17.0 Å². The lowest BCUT2D eigenvalue weighted by atomic mass is 10.0. The number of hydrogen-bond acceptors (Lipinski definition) is 1. The van der Waals surface area contributed by atoms with Gasteiger partial charge in [-0.15, -0.1) is 0 Å². The highest BCUT2D eigenvalue weighted by Gasteiger charge is 2.05. The first kappa shape index (κ1) is 9.91. The van der Waals surface area contributed by atoms with Crippen molar-refractivity contribution in [3.63, 3.8) is 0 Å². The molecule has 0 spiro atoms. The molecule has 0 unspecified atom stereocenters. The van der Waals surface area contributed by atoms with Crippen LogP contribution >= 0.6 is 0 Å². The predicted octanol–water partition coefficient (Wildman–Crippen LogP) is 3.80. The van der Waals surface area contributed by atoms with E-state index in [1.165, 1.54) is 22.1 Å². The minimum atomic E-state index is 1.07. The summed E-state index contributed by atoms with van der Waals surface area (Å²) in [5.74, 6) is 0. The zero-order chi connectivity index (χ0) is 11.0. The van der Waals surface area contributed by atoms with E-state index < -0.39 is 0 Å². The van der Waals surface area contributed by atoms with Crippen molar-refractivity contribution in [2.24, 2.45) is 0 Å². The molecule has 0 saturated carbocycles. The number of aromatic nitrogens is 1. The molecule has 76 valence electrons. The van der Waals surface area contributed by atoms with Gasteiger partial charge >= 0.3 is 0 Å². The van der Waals surface area contributed by atoms with E-state index >= 15 is 0 Å². The summed E-state index contributed by atoms with van der Waals surface area (Å²) in [6, 6.07) is 6.35. The Morgan fingerprint density at radius 2 is 1.93 bits per heavy atom. The van der Waals surface area contributed by atoms with Crippen molar-refractivity contribution in [3.05, 3.63) is 47.2 Å². The van der Waals surface area contributed by atoms with Crippen molar-refractivity contribution in [2.45, 2.75) is 20.8 Å². The van der Waals surface area contributed by atoms with Crippen LogP contribution in [0, 0.1) is 20.8 Å². The average Bonchev–Trinajstić information content (AvgIpc) is 2.19. The fourth-order valence-corrected chi connectivity index (χ4v) is 2.00. The predicted molar refractivity (Wildman–Crippen MR) is 66.0 cm³/mol. The molecule has 1 aromatic carbocycles. The quantitative estimate of drug-likeness (QED) is 0.677. The fraction of sp³-hybridized carbons (Fsp3) is 0.214. The summed E-state index contributed by atoms with van der Waals surface area (Å²) in [6.45, 7) is 10.1. The van der Waals surface area contributed by atoms with Gasteiger partial charge in [-0.1, -0.05) is 24.8 Å². The molecule has 0 aliphatic rings. The normalized spacial score (nSPS) is 10.6. The SMILES string of the molecule is C=Cc1ccc2c(C)cc(C)nc2c1C. The zero-order valence-electron chi connectivity index (χ0n) is 9.46. The topological polar surface area (TPSA) is 12.9 Å². The Morgan fingerprint density at radius 3 is 2.60 bits per heavy atom. The summed E-state index contributed by atoms with van der Waals surface area (Å²) in [7, 11) is 0. The largest absolute Gasteiger partial charge is 0.253 e. The van der Waals surface area contributed by atoms with Crippen LogP contribution in [0.15, 0.2) is 24.8 Å². The van der Waals surface area contributed by atoms with E-state index in [1.807, 2.05) is 13.0 Å². The molecule has 0 aliphatic heterocycles. The van der Waals surface area contributed by atoms with Gasteiger partial charge in [0.25, 0.3) is 0 Å². The second-order valence-corrected chi connectivity index (χ2v) is 3.96. The summed E-state index contributed by atoms with van der Waals surface area (Å²) in [5, 5.41) is 1.24. The zero-order valence-corrected chi connectivity index (χ0v) is 9.46. The van der Waals surface area contributed by atoms with Gasteiger partial charge in [0, 0.05) is 11.1 Å². The van der Waals surface area contributed by atoms with Gasteiger partial charge < -0.3 is 0 Å². The number of pyridine rings is 1. The lowest BCUT2D eigenvalue weighted by molar-refractivity contribution is 1.22. The molecule has 0 aliphatic carbocycles. The van der Waals surface area contributed by atoms with Crippen molar-refractivity contribution in [1.29, 1.82) is 0 Å². The molecule has 0 saturated heterocycles. The maximum absolute atomic E-state index is 4.60. The first-order valence-corrected chi connectivity index (χ1v) is 5.13. The van der Waals surface area contributed by atoms with Gasteiger partial charge in [-0.05, 0) is 43.5 Å². The van der Waals surface area contributed by atoms with Gasteiger partial charge in [-0.2, -0.15) is 0 Å². The second kappa shape index (κ2) is 3.50. The fourth-order valence-electron chi connectivity index (χ4n) is 2.00. The van der Waals surface area contributed by atoms with E-state index in [0.29, 0.717) is 0 Å². The maximum Gasteiger partial charge on any atom is 0.0742 e. The molecule has 2 rings (SSSR count). The van der Waals surface area contributed by atoms with Crippen LogP contribution in [-0.2, 0) is 0 Å². The summed E-state index contributed by atoms with van der Waals surface area (Å²) in [5.41, 5.74) is 5.85. The smallest absolute Gasteiger partial charge is 0.0742 e. The highest BCUT2D eigenvalue weighted by Crippen LogP contribution is 2.24. The van der Waals surface area contributed by atoms with Gasteiger partial charge in [0.1, 0.15) is 0 Å². The van der Waals surface area contributed by atoms with Gasteiger partial charge in [-0.25, -0.2) is 0 Å². The number of aryl methyl sites for hydroxylation is 3. The first-order valence-electron chi connectivity index (χ1n) is 5.13. The maximum atomic E-state index is 4.60. The average molecular weight is 197 g/mol. The van der Waals surface area contributed by atoms with E-state index in [0.717, 1.165) is 11.2 Å². The van der Waals surface area contributed by atoms with E-state index in [-0.39, 0.29) is 0 Å². The highest BCUT2D eigenvalue weighted by atomic mass is 14.7. The molecule has 0 atom stereocenters. The van der Waals surface area contributed by atoms with Gasteiger partial charge in [0.05, 0.1) is 5.52 Å². The molecule has 1 heteroatoms. The van der Waals surface area contributed by atoms with Crippen molar-refractivity contribution in [2.75, 3.05) is 0 Å². The Hall–Kier alpha value is -1.63. The minimum Gasteiger partial charge on any atom is -0.253 e. The number of rotatable bonds is 1. The van der Waals surface area contributed by atoms with Crippen LogP contribution in [0.3, 0.4) is 0 Å². The number of benzene rings is 1. The van der Waals surface area contributed by atoms with E-state index in [1.54, 1.807) is 0 Å². The molecule has 1 aromatic heterocycles. The van der Waals surface area contributed by atoms with E-state index in [9.17, 15) is 0 Å². The highest BCUT2D eigenvalue weighted by molar-refractivity contribution is 5.87. The second-order valence-electron chi connectivity index (χ2n) is 3.96. The third kappa shape index (κ3) is 1.54.